The summed E-state index contributed by atoms with van der Waals surface area (Å²) in [5.74, 6) is -2.07. The van der Waals surface area contributed by atoms with Crippen molar-refractivity contribution < 1.29 is 23.9 Å². The number of hydrogen-bond acceptors (Lipinski definition) is 4. The number of benzene rings is 1. The zero-order chi connectivity index (χ0) is 19.3. The summed E-state index contributed by atoms with van der Waals surface area (Å²) in [5.41, 5.74) is 1.48. The molecule has 1 aromatic heterocycles. The molecule has 1 heterocycles. The van der Waals surface area contributed by atoms with Gasteiger partial charge >= 0.3 is 5.97 Å². The third-order valence-electron chi connectivity index (χ3n) is 4.26. The standard InChI is InChI=1S/C19H22N2O5/c1-4-11(2)16(19(24)25)21-17(22)13-8-7-12(3)14(10-13)20-18(23)15-6-5-9-26-15/h5-11,16H,4H2,1-3H3,(H,20,23)(H,21,22)(H,24,25). The number of carbonyl (C=O) groups excluding carboxylic acids is 2. The molecule has 0 aliphatic carbocycles. The molecule has 26 heavy (non-hydrogen) atoms. The molecule has 2 unspecified atom stereocenters. The third-order valence-corrected chi connectivity index (χ3v) is 4.26. The zero-order valence-electron chi connectivity index (χ0n) is 14.9. The Bertz CT molecular complexity index is 798. The van der Waals surface area contributed by atoms with Crippen molar-refractivity contribution in [3.63, 3.8) is 0 Å². The minimum Gasteiger partial charge on any atom is -0.480 e. The first-order valence-corrected chi connectivity index (χ1v) is 8.32. The van der Waals surface area contributed by atoms with Gasteiger partial charge in [0.15, 0.2) is 5.76 Å². The quantitative estimate of drug-likeness (QED) is 0.705. The van der Waals surface area contributed by atoms with E-state index in [-0.39, 0.29) is 17.2 Å². The summed E-state index contributed by atoms with van der Waals surface area (Å²) in [4.78, 5) is 36.0. The Morgan fingerprint density at radius 2 is 1.92 bits per heavy atom. The number of carboxylic acids is 1. The molecule has 2 rings (SSSR count). The smallest absolute Gasteiger partial charge is 0.326 e. The summed E-state index contributed by atoms with van der Waals surface area (Å²) in [7, 11) is 0. The lowest BCUT2D eigenvalue weighted by molar-refractivity contribution is -0.140. The highest BCUT2D eigenvalue weighted by atomic mass is 16.4. The second-order valence-corrected chi connectivity index (χ2v) is 6.14. The maximum absolute atomic E-state index is 12.5. The number of anilines is 1. The third kappa shape index (κ3) is 4.50. The minimum absolute atomic E-state index is 0.155. The Morgan fingerprint density at radius 1 is 1.19 bits per heavy atom. The number of aliphatic carboxylic acids is 1. The van der Waals surface area contributed by atoms with Crippen molar-refractivity contribution in [1.82, 2.24) is 5.32 Å². The van der Waals surface area contributed by atoms with Gasteiger partial charge in [-0.2, -0.15) is 0 Å². The van der Waals surface area contributed by atoms with E-state index in [1.165, 1.54) is 18.4 Å². The number of carboxylic acid groups (broad SMARTS) is 1. The van der Waals surface area contributed by atoms with Gasteiger partial charge in [-0.25, -0.2) is 4.79 Å². The average Bonchev–Trinajstić information content (AvgIpc) is 3.15. The number of nitrogens with one attached hydrogen (secondary N) is 2. The van der Waals surface area contributed by atoms with Crippen molar-refractivity contribution in [3.8, 4) is 0 Å². The van der Waals surface area contributed by atoms with Crippen LogP contribution in [-0.2, 0) is 4.79 Å². The average molecular weight is 358 g/mol. The molecule has 0 aliphatic heterocycles. The Morgan fingerprint density at radius 3 is 2.50 bits per heavy atom. The molecule has 0 saturated heterocycles. The maximum Gasteiger partial charge on any atom is 0.326 e. The SMILES string of the molecule is CCC(C)C(NC(=O)c1ccc(C)c(NC(=O)c2ccco2)c1)C(=O)O. The van der Waals surface area contributed by atoms with Crippen LogP contribution in [0.1, 0.15) is 46.7 Å². The summed E-state index contributed by atoms with van der Waals surface area (Å²) in [5, 5.41) is 14.5. The van der Waals surface area contributed by atoms with Gasteiger partial charge in [-0.15, -0.1) is 0 Å². The van der Waals surface area contributed by atoms with E-state index in [9.17, 15) is 19.5 Å². The van der Waals surface area contributed by atoms with Gasteiger partial charge in [0, 0.05) is 11.3 Å². The maximum atomic E-state index is 12.5. The molecule has 7 heteroatoms. The van der Waals surface area contributed by atoms with E-state index < -0.39 is 23.8 Å². The highest BCUT2D eigenvalue weighted by molar-refractivity contribution is 6.04. The number of carbonyl (C=O) groups is 3. The molecule has 0 saturated carbocycles. The Hall–Kier alpha value is -3.09. The predicted molar refractivity (Wildman–Crippen MR) is 96.2 cm³/mol. The van der Waals surface area contributed by atoms with Crippen LogP contribution in [0.3, 0.4) is 0 Å². The first-order chi connectivity index (χ1) is 12.3. The molecule has 7 nitrogen and oxygen atoms in total. The second-order valence-electron chi connectivity index (χ2n) is 6.14. The number of rotatable bonds is 7. The van der Waals surface area contributed by atoms with Gasteiger partial charge < -0.3 is 20.2 Å². The van der Waals surface area contributed by atoms with Gasteiger partial charge in [0.05, 0.1) is 6.26 Å². The first-order valence-electron chi connectivity index (χ1n) is 8.32. The molecule has 2 aromatic rings. The lowest BCUT2D eigenvalue weighted by Gasteiger charge is -2.20. The van der Waals surface area contributed by atoms with Gasteiger partial charge in [-0.1, -0.05) is 26.3 Å². The fourth-order valence-electron chi connectivity index (χ4n) is 2.40. The van der Waals surface area contributed by atoms with Crippen LogP contribution in [0.5, 0.6) is 0 Å². The van der Waals surface area contributed by atoms with Crippen molar-refractivity contribution in [2.75, 3.05) is 5.32 Å². The van der Waals surface area contributed by atoms with Gasteiger partial charge in [-0.3, -0.25) is 9.59 Å². The monoisotopic (exact) mass is 358 g/mol. The number of hydrogen-bond donors (Lipinski definition) is 3. The van der Waals surface area contributed by atoms with Crippen LogP contribution in [0.2, 0.25) is 0 Å². The minimum atomic E-state index is -1.08. The molecule has 0 radical (unpaired) electrons. The van der Waals surface area contributed by atoms with Crippen molar-refractivity contribution in [1.29, 1.82) is 0 Å². The van der Waals surface area contributed by atoms with Gasteiger partial charge in [0.2, 0.25) is 0 Å². The van der Waals surface area contributed by atoms with Crippen LogP contribution in [0.15, 0.2) is 41.0 Å². The second kappa shape index (κ2) is 8.33. The largest absolute Gasteiger partial charge is 0.480 e. The number of furan rings is 1. The molecule has 0 fully saturated rings. The predicted octanol–water partition coefficient (Wildman–Crippen LogP) is 3.07. The van der Waals surface area contributed by atoms with Crippen molar-refractivity contribution in [3.05, 3.63) is 53.5 Å². The van der Waals surface area contributed by atoms with Crippen molar-refractivity contribution in [2.45, 2.75) is 33.2 Å². The van der Waals surface area contributed by atoms with Crippen LogP contribution in [0, 0.1) is 12.8 Å². The molecule has 0 aliphatic rings. The fraction of sp³-hybridized carbons (Fsp3) is 0.316. The lowest BCUT2D eigenvalue weighted by Crippen LogP contribution is -2.45. The Kier molecular flexibility index (Phi) is 6.16. The van der Waals surface area contributed by atoms with Crippen molar-refractivity contribution >= 4 is 23.5 Å². The molecule has 1 aromatic carbocycles. The normalized spacial score (nSPS) is 12.9. The van der Waals surface area contributed by atoms with Gasteiger partial charge in [0.25, 0.3) is 11.8 Å². The van der Waals surface area contributed by atoms with Crippen LogP contribution in [-0.4, -0.2) is 28.9 Å². The van der Waals surface area contributed by atoms with Crippen LogP contribution < -0.4 is 10.6 Å². The van der Waals surface area contributed by atoms with Crippen LogP contribution >= 0.6 is 0 Å². The summed E-state index contributed by atoms with van der Waals surface area (Å²) < 4.78 is 5.05. The highest BCUT2D eigenvalue weighted by Crippen LogP contribution is 2.19. The number of aryl methyl sites for hydroxylation is 1. The molecule has 2 amide bonds. The zero-order valence-corrected chi connectivity index (χ0v) is 14.9. The van der Waals surface area contributed by atoms with Gasteiger partial charge in [-0.05, 0) is 42.7 Å². The summed E-state index contributed by atoms with van der Waals surface area (Å²) in [6.45, 7) is 5.42. The van der Waals surface area contributed by atoms with E-state index >= 15 is 0 Å². The van der Waals surface area contributed by atoms with E-state index in [1.807, 2.05) is 6.92 Å². The van der Waals surface area contributed by atoms with Crippen LogP contribution in [0.25, 0.3) is 0 Å². The molecule has 2 atom stereocenters. The van der Waals surface area contributed by atoms with Gasteiger partial charge in [0.1, 0.15) is 6.04 Å². The fourth-order valence-corrected chi connectivity index (χ4v) is 2.40. The topological polar surface area (TPSA) is 109 Å². The summed E-state index contributed by atoms with van der Waals surface area (Å²) >= 11 is 0. The van der Waals surface area contributed by atoms with Crippen molar-refractivity contribution in [2.24, 2.45) is 5.92 Å². The Labute approximate surface area is 151 Å². The Balaban J connectivity index is 2.18. The molecular formula is C19H22N2O5. The summed E-state index contributed by atoms with van der Waals surface area (Å²) in [6.07, 6.45) is 2.02. The van der Waals surface area contributed by atoms with E-state index in [1.54, 1.807) is 32.0 Å². The molecular weight excluding hydrogens is 336 g/mol. The number of amides is 2. The van der Waals surface area contributed by atoms with E-state index in [4.69, 9.17) is 4.42 Å². The van der Waals surface area contributed by atoms with Crippen LogP contribution in [0.4, 0.5) is 5.69 Å². The van der Waals surface area contributed by atoms with E-state index in [0.29, 0.717) is 12.1 Å². The van der Waals surface area contributed by atoms with E-state index in [0.717, 1.165) is 5.56 Å². The first kappa shape index (κ1) is 19.2. The molecule has 0 spiro atoms. The molecule has 3 N–H and O–H groups in total. The lowest BCUT2D eigenvalue weighted by atomic mass is 9.98. The van der Waals surface area contributed by atoms with E-state index in [2.05, 4.69) is 10.6 Å². The molecule has 138 valence electrons. The molecule has 0 bridgehead atoms. The highest BCUT2D eigenvalue weighted by Gasteiger charge is 2.26. The summed E-state index contributed by atoms with van der Waals surface area (Å²) in [6, 6.07) is 6.95.